The fraction of sp³-hybridized carbons (Fsp3) is 0.444. The summed E-state index contributed by atoms with van der Waals surface area (Å²) in [6.45, 7) is 3.56. The fourth-order valence-corrected chi connectivity index (χ4v) is 1.64. The van der Waals surface area contributed by atoms with Crippen molar-refractivity contribution in [2.45, 2.75) is 20.3 Å². The molecule has 0 fully saturated rings. The number of ketones is 1. The molecule has 0 aromatic carbocycles. The molecule has 1 aromatic rings. The number of esters is 1. The van der Waals surface area contributed by atoms with E-state index in [0.717, 1.165) is 0 Å². The number of aromatic nitrogens is 1. The van der Waals surface area contributed by atoms with Gasteiger partial charge in [-0.05, 0) is 13.8 Å². The van der Waals surface area contributed by atoms with Crippen LogP contribution in [-0.2, 0) is 16.0 Å². The third kappa shape index (κ3) is 2.92. The Bertz CT molecular complexity index is 346. The van der Waals surface area contributed by atoms with Crippen molar-refractivity contribution in [1.82, 2.24) is 4.98 Å². The van der Waals surface area contributed by atoms with Crippen LogP contribution in [0.2, 0.25) is 0 Å². The van der Waals surface area contributed by atoms with Gasteiger partial charge in [-0.25, -0.2) is 9.78 Å². The lowest BCUT2D eigenvalue weighted by molar-refractivity contribution is -0.116. The summed E-state index contributed by atoms with van der Waals surface area (Å²) < 4.78 is 4.77. The number of Topliss-reactive ketones (excluding diaryl/α,β-unsaturated/α-hetero) is 1. The van der Waals surface area contributed by atoms with Crippen LogP contribution in [0.1, 0.15) is 29.3 Å². The maximum absolute atomic E-state index is 11.2. The van der Waals surface area contributed by atoms with Gasteiger partial charge in [0.2, 0.25) is 5.01 Å². The number of rotatable bonds is 4. The third-order valence-electron chi connectivity index (χ3n) is 1.43. The van der Waals surface area contributed by atoms with E-state index in [1.54, 1.807) is 12.3 Å². The topological polar surface area (TPSA) is 56.3 Å². The average molecular weight is 213 g/mol. The number of hydrogen-bond donors (Lipinski definition) is 0. The first-order valence-corrected chi connectivity index (χ1v) is 5.12. The van der Waals surface area contributed by atoms with Crippen LogP contribution in [-0.4, -0.2) is 23.3 Å². The van der Waals surface area contributed by atoms with E-state index in [0.29, 0.717) is 17.3 Å². The average Bonchev–Trinajstić information content (AvgIpc) is 2.52. The number of carbonyl (C=O) groups excluding carboxylic acids is 2. The predicted octanol–water partition coefficient (Wildman–Crippen LogP) is 1.45. The predicted molar refractivity (Wildman–Crippen MR) is 52.5 cm³/mol. The summed E-state index contributed by atoms with van der Waals surface area (Å²) in [4.78, 5) is 25.9. The minimum Gasteiger partial charge on any atom is -0.461 e. The molecule has 1 rings (SSSR count). The van der Waals surface area contributed by atoms with Gasteiger partial charge in [0, 0.05) is 11.8 Å². The van der Waals surface area contributed by atoms with Gasteiger partial charge in [0.15, 0.2) is 0 Å². The van der Waals surface area contributed by atoms with Crippen LogP contribution in [0.3, 0.4) is 0 Å². The molecule has 5 heteroatoms. The Morgan fingerprint density at radius 2 is 2.29 bits per heavy atom. The monoisotopic (exact) mass is 213 g/mol. The second-order valence-electron chi connectivity index (χ2n) is 2.74. The summed E-state index contributed by atoms with van der Waals surface area (Å²) in [5, 5.41) is 2.01. The molecular formula is C9H11NO3S. The quantitative estimate of drug-likeness (QED) is 0.710. The van der Waals surface area contributed by atoms with Crippen molar-refractivity contribution in [2.75, 3.05) is 6.61 Å². The Hall–Kier alpha value is -1.23. The molecule has 0 amide bonds. The van der Waals surface area contributed by atoms with E-state index in [9.17, 15) is 9.59 Å². The number of hydrogen-bond acceptors (Lipinski definition) is 5. The van der Waals surface area contributed by atoms with Crippen LogP contribution in [0.4, 0.5) is 0 Å². The molecule has 76 valence electrons. The zero-order valence-corrected chi connectivity index (χ0v) is 8.89. The Balaban J connectivity index is 2.67. The number of nitrogens with zero attached hydrogens (tertiary/aromatic N) is 1. The molecule has 1 aromatic heterocycles. The summed E-state index contributed by atoms with van der Waals surface area (Å²) >= 11 is 1.20. The van der Waals surface area contributed by atoms with Gasteiger partial charge in [-0.2, -0.15) is 0 Å². The van der Waals surface area contributed by atoms with Gasteiger partial charge in [-0.3, -0.25) is 4.79 Å². The van der Waals surface area contributed by atoms with Crippen LogP contribution in [0.25, 0.3) is 0 Å². The molecule has 0 aliphatic carbocycles. The van der Waals surface area contributed by atoms with Crippen LogP contribution >= 0.6 is 11.3 Å². The SMILES string of the molecule is CCOC(=O)c1nc(CC(C)=O)cs1. The summed E-state index contributed by atoms with van der Waals surface area (Å²) in [7, 11) is 0. The van der Waals surface area contributed by atoms with Gasteiger partial charge in [0.05, 0.1) is 12.3 Å². The first kappa shape index (κ1) is 10.8. The second kappa shape index (κ2) is 4.85. The first-order valence-electron chi connectivity index (χ1n) is 4.24. The molecule has 0 aliphatic rings. The van der Waals surface area contributed by atoms with Crippen molar-refractivity contribution in [3.8, 4) is 0 Å². The zero-order chi connectivity index (χ0) is 10.6. The smallest absolute Gasteiger partial charge is 0.367 e. The molecule has 0 radical (unpaired) electrons. The lowest BCUT2D eigenvalue weighted by atomic mass is 10.3. The fourth-order valence-electron chi connectivity index (χ4n) is 0.930. The van der Waals surface area contributed by atoms with Gasteiger partial charge < -0.3 is 4.74 Å². The van der Waals surface area contributed by atoms with E-state index in [1.165, 1.54) is 18.3 Å². The van der Waals surface area contributed by atoms with Gasteiger partial charge in [-0.15, -0.1) is 11.3 Å². The van der Waals surface area contributed by atoms with Crippen LogP contribution in [0, 0.1) is 0 Å². The Morgan fingerprint density at radius 1 is 1.57 bits per heavy atom. The van der Waals surface area contributed by atoms with Crippen molar-refractivity contribution >= 4 is 23.1 Å². The highest BCUT2D eigenvalue weighted by Crippen LogP contribution is 2.11. The van der Waals surface area contributed by atoms with E-state index in [2.05, 4.69) is 4.98 Å². The summed E-state index contributed by atoms with van der Waals surface area (Å²) in [5.41, 5.74) is 0.630. The standard InChI is InChI=1S/C9H11NO3S/c1-3-13-9(12)8-10-7(5-14-8)4-6(2)11/h5H,3-4H2,1-2H3. The Kier molecular flexibility index (Phi) is 3.76. The zero-order valence-electron chi connectivity index (χ0n) is 8.07. The molecule has 0 bridgehead atoms. The maximum atomic E-state index is 11.2. The van der Waals surface area contributed by atoms with Crippen LogP contribution in [0.5, 0.6) is 0 Å². The van der Waals surface area contributed by atoms with Gasteiger partial charge in [0.25, 0.3) is 0 Å². The lowest BCUT2D eigenvalue weighted by Crippen LogP contribution is -2.05. The molecule has 0 spiro atoms. The van der Waals surface area contributed by atoms with Gasteiger partial charge >= 0.3 is 5.97 Å². The molecule has 1 heterocycles. The maximum Gasteiger partial charge on any atom is 0.367 e. The number of thiazole rings is 1. The lowest BCUT2D eigenvalue weighted by Gasteiger charge is -1.95. The summed E-state index contributed by atoms with van der Waals surface area (Å²) in [6, 6.07) is 0. The molecule has 0 unspecified atom stereocenters. The van der Waals surface area contributed by atoms with Crippen molar-refractivity contribution in [2.24, 2.45) is 0 Å². The van der Waals surface area contributed by atoms with Crippen molar-refractivity contribution in [3.63, 3.8) is 0 Å². The number of carbonyl (C=O) groups is 2. The molecule has 0 aliphatic heterocycles. The molecular weight excluding hydrogens is 202 g/mol. The molecule has 4 nitrogen and oxygen atoms in total. The minimum absolute atomic E-state index is 0.0331. The highest BCUT2D eigenvalue weighted by atomic mass is 32.1. The van der Waals surface area contributed by atoms with Gasteiger partial charge in [0.1, 0.15) is 5.78 Å². The molecule has 0 atom stereocenters. The summed E-state index contributed by atoms with van der Waals surface area (Å²) in [5.74, 6) is -0.391. The summed E-state index contributed by atoms with van der Waals surface area (Å²) in [6.07, 6.45) is 0.274. The Labute approximate surface area is 85.9 Å². The van der Waals surface area contributed by atoms with Crippen molar-refractivity contribution in [1.29, 1.82) is 0 Å². The molecule has 0 saturated heterocycles. The van der Waals surface area contributed by atoms with E-state index in [4.69, 9.17) is 4.74 Å². The largest absolute Gasteiger partial charge is 0.461 e. The highest BCUT2D eigenvalue weighted by molar-refractivity contribution is 7.11. The van der Waals surface area contributed by atoms with E-state index < -0.39 is 5.97 Å². The number of ether oxygens (including phenoxy) is 1. The van der Waals surface area contributed by atoms with E-state index in [-0.39, 0.29) is 12.2 Å². The van der Waals surface area contributed by atoms with E-state index in [1.807, 2.05) is 0 Å². The Morgan fingerprint density at radius 3 is 2.86 bits per heavy atom. The first-order chi connectivity index (χ1) is 6.63. The highest BCUT2D eigenvalue weighted by Gasteiger charge is 2.12. The van der Waals surface area contributed by atoms with Crippen LogP contribution in [0.15, 0.2) is 5.38 Å². The normalized spacial score (nSPS) is 9.86. The van der Waals surface area contributed by atoms with Crippen molar-refractivity contribution < 1.29 is 14.3 Å². The molecule has 14 heavy (non-hydrogen) atoms. The van der Waals surface area contributed by atoms with Gasteiger partial charge in [-0.1, -0.05) is 0 Å². The second-order valence-corrected chi connectivity index (χ2v) is 3.60. The van der Waals surface area contributed by atoms with E-state index >= 15 is 0 Å². The minimum atomic E-state index is -0.424. The van der Waals surface area contributed by atoms with Crippen LogP contribution < -0.4 is 0 Å². The van der Waals surface area contributed by atoms with Crippen molar-refractivity contribution in [3.05, 3.63) is 16.1 Å². The molecule has 0 N–H and O–H groups in total. The molecule has 0 saturated carbocycles. The third-order valence-corrected chi connectivity index (χ3v) is 2.30.